The number of hydrogen-bond donors (Lipinski definition) is 0. The Morgan fingerprint density at radius 3 is 2.43 bits per heavy atom. The van der Waals surface area contributed by atoms with Gasteiger partial charge < -0.3 is 24.1 Å². The van der Waals surface area contributed by atoms with E-state index in [1.165, 1.54) is 4.90 Å². The zero-order chi connectivity index (χ0) is 26.3. The van der Waals surface area contributed by atoms with Gasteiger partial charge in [-0.3, -0.25) is 19.2 Å². The van der Waals surface area contributed by atoms with Crippen molar-refractivity contribution in [3.63, 3.8) is 0 Å². The Balaban J connectivity index is 1.27. The number of carbonyl (C=O) groups is 4. The van der Waals surface area contributed by atoms with Crippen LogP contribution in [-0.2, 0) is 38.8 Å². The number of imide groups is 1. The Kier molecular flexibility index (Phi) is 6.85. The standard InChI is InChI=1S/C25H22B3N3O6/c26-20-21(27)24(34)31(28)25(35)22(20)30-11-17-16(23(30)33)2-1-3-18(17)37-12-15-6-4-14(5-7-15)10-29-8-9-36-13-19(29)32/h1-7,20-22H,8-13H2. The summed E-state index contributed by atoms with van der Waals surface area (Å²) in [6.45, 7) is 2.06. The highest BCUT2D eigenvalue weighted by Gasteiger charge is 2.47. The number of rotatable bonds is 6. The maximum atomic E-state index is 13.2. The van der Waals surface area contributed by atoms with Crippen molar-refractivity contribution in [2.24, 2.45) is 0 Å². The van der Waals surface area contributed by atoms with Gasteiger partial charge in [-0.2, -0.15) is 0 Å². The maximum Gasteiger partial charge on any atom is 0.255 e. The minimum atomic E-state index is -1.20. The van der Waals surface area contributed by atoms with Gasteiger partial charge in [-0.25, -0.2) is 0 Å². The van der Waals surface area contributed by atoms with Crippen molar-refractivity contribution in [2.75, 3.05) is 19.8 Å². The van der Waals surface area contributed by atoms with Crippen LogP contribution < -0.4 is 4.74 Å². The Morgan fingerprint density at radius 1 is 0.973 bits per heavy atom. The van der Waals surface area contributed by atoms with Gasteiger partial charge in [0.05, 0.1) is 28.8 Å². The summed E-state index contributed by atoms with van der Waals surface area (Å²) in [4.78, 5) is 53.4. The topological polar surface area (TPSA) is 96.5 Å². The summed E-state index contributed by atoms with van der Waals surface area (Å²) in [6.07, 6.45) is 0. The molecule has 0 N–H and O–H groups in total. The molecule has 0 aliphatic carbocycles. The van der Waals surface area contributed by atoms with E-state index in [-0.39, 0.29) is 25.7 Å². The maximum absolute atomic E-state index is 13.2. The molecule has 0 bridgehead atoms. The predicted octanol–water partition coefficient (Wildman–Crippen LogP) is 0.315. The van der Waals surface area contributed by atoms with E-state index in [0.717, 1.165) is 11.1 Å². The number of morpholine rings is 1. The first-order valence-electron chi connectivity index (χ1n) is 11.9. The minimum Gasteiger partial charge on any atom is -0.489 e. The molecule has 3 aliphatic heterocycles. The molecule has 2 aromatic carbocycles. The van der Waals surface area contributed by atoms with E-state index >= 15 is 0 Å². The lowest BCUT2D eigenvalue weighted by Gasteiger charge is -2.42. The van der Waals surface area contributed by atoms with Gasteiger partial charge in [0.2, 0.25) is 25.7 Å². The Bertz CT molecular complexity index is 1260. The molecule has 6 radical (unpaired) electrons. The predicted molar refractivity (Wildman–Crippen MR) is 134 cm³/mol. The third-order valence-corrected chi connectivity index (χ3v) is 6.96. The van der Waals surface area contributed by atoms with Gasteiger partial charge in [-0.1, -0.05) is 30.3 Å². The van der Waals surface area contributed by atoms with E-state index in [4.69, 9.17) is 33.1 Å². The van der Waals surface area contributed by atoms with Crippen molar-refractivity contribution >= 4 is 47.3 Å². The van der Waals surface area contributed by atoms with Crippen molar-refractivity contribution in [2.45, 2.75) is 37.4 Å². The number of ether oxygens (including phenoxy) is 2. The fourth-order valence-corrected chi connectivity index (χ4v) is 4.80. The number of hydrogen-bond acceptors (Lipinski definition) is 6. The molecule has 3 unspecified atom stereocenters. The molecular formula is C25H22B3N3O6. The lowest BCUT2D eigenvalue weighted by Crippen LogP contribution is -2.58. The highest BCUT2D eigenvalue weighted by atomic mass is 16.5. The summed E-state index contributed by atoms with van der Waals surface area (Å²) in [6, 6.07) is 11.7. The molecule has 12 heteroatoms. The molecule has 9 nitrogen and oxygen atoms in total. The van der Waals surface area contributed by atoms with Gasteiger partial charge in [-0.05, 0) is 34.9 Å². The first-order valence-corrected chi connectivity index (χ1v) is 11.9. The number of amides is 4. The lowest BCUT2D eigenvalue weighted by atomic mass is 9.59. The molecular weight excluding hydrogens is 471 g/mol. The Hall–Kier alpha value is -3.53. The summed E-state index contributed by atoms with van der Waals surface area (Å²) < 4.78 is 11.2. The molecule has 5 rings (SSSR count). The molecule has 2 aromatic rings. The quantitative estimate of drug-likeness (QED) is 0.425. The van der Waals surface area contributed by atoms with Crippen molar-refractivity contribution < 1.29 is 28.7 Å². The molecule has 3 aliphatic rings. The zero-order valence-corrected chi connectivity index (χ0v) is 20.0. The third kappa shape index (κ3) is 4.66. The van der Waals surface area contributed by atoms with Crippen LogP contribution in [0.25, 0.3) is 0 Å². The van der Waals surface area contributed by atoms with Crippen molar-refractivity contribution in [3.8, 4) is 5.75 Å². The van der Waals surface area contributed by atoms with Gasteiger partial charge in [0, 0.05) is 24.2 Å². The first-order chi connectivity index (χ1) is 17.8. The van der Waals surface area contributed by atoms with E-state index in [2.05, 4.69) is 0 Å². The van der Waals surface area contributed by atoms with Crippen LogP contribution in [-0.4, -0.2) is 87.7 Å². The fourth-order valence-electron chi connectivity index (χ4n) is 4.80. The summed E-state index contributed by atoms with van der Waals surface area (Å²) >= 11 is 0. The number of nitrogens with zero attached hydrogens (tertiary/aromatic N) is 3. The van der Waals surface area contributed by atoms with Crippen LogP contribution >= 0.6 is 0 Å². The molecule has 3 atom stereocenters. The molecule has 3 heterocycles. The number of benzene rings is 2. The number of piperidine rings is 1. The second-order valence-electron chi connectivity index (χ2n) is 9.28. The number of fused-ring (bicyclic) bond motifs is 1. The normalized spacial score (nSPS) is 24.0. The van der Waals surface area contributed by atoms with E-state index in [9.17, 15) is 19.2 Å². The molecule has 0 spiro atoms. The molecule has 2 fully saturated rings. The van der Waals surface area contributed by atoms with Crippen LogP contribution in [0.2, 0.25) is 11.6 Å². The van der Waals surface area contributed by atoms with E-state index in [1.54, 1.807) is 23.1 Å². The van der Waals surface area contributed by atoms with Crippen LogP contribution in [0, 0.1) is 0 Å². The molecule has 4 amide bonds. The Morgan fingerprint density at radius 2 is 1.70 bits per heavy atom. The van der Waals surface area contributed by atoms with Crippen LogP contribution in [0.3, 0.4) is 0 Å². The van der Waals surface area contributed by atoms with Gasteiger partial charge in [0.25, 0.3) is 5.91 Å². The zero-order valence-electron chi connectivity index (χ0n) is 20.0. The SMILES string of the molecule is [B]C1C(=O)N([B])C(=O)C(N2Cc3c(OCc4ccc(CN5CCOCC5=O)cc4)cccc3C2=O)C1[B]. The summed E-state index contributed by atoms with van der Waals surface area (Å²) in [5.41, 5.74) is 2.91. The summed E-state index contributed by atoms with van der Waals surface area (Å²) in [5, 5.41) is 0. The average molecular weight is 493 g/mol. The van der Waals surface area contributed by atoms with Crippen LogP contribution in [0.5, 0.6) is 5.75 Å². The lowest BCUT2D eigenvalue weighted by molar-refractivity contribution is -0.145. The smallest absolute Gasteiger partial charge is 0.255 e. The average Bonchev–Trinajstić information content (AvgIpc) is 3.24. The van der Waals surface area contributed by atoms with E-state index in [1.807, 2.05) is 24.3 Å². The molecule has 182 valence electrons. The van der Waals surface area contributed by atoms with Crippen LogP contribution in [0.15, 0.2) is 42.5 Å². The van der Waals surface area contributed by atoms with E-state index in [0.29, 0.717) is 41.4 Å². The van der Waals surface area contributed by atoms with Gasteiger partial charge >= 0.3 is 0 Å². The molecule has 0 aromatic heterocycles. The second-order valence-corrected chi connectivity index (χ2v) is 9.28. The third-order valence-electron chi connectivity index (χ3n) is 6.96. The van der Waals surface area contributed by atoms with Crippen LogP contribution in [0.1, 0.15) is 27.0 Å². The van der Waals surface area contributed by atoms with Crippen molar-refractivity contribution in [1.82, 2.24) is 14.6 Å². The highest BCUT2D eigenvalue weighted by Crippen LogP contribution is 2.39. The molecule has 0 saturated carbocycles. The highest BCUT2D eigenvalue weighted by molar-refractivity contribution is 6.40. The van der Waals surface area contributed by atoms with Gasteiger partial charge in [0.1, 0.15) is 25.0 Å². The monoisotopic (exact) mass is 493 g/mol. The fraction of sp³-hybridized carbons (Fsp3) is 0.360. The first kappa shape index (κ1) is 25.1. The van der Waals surface area contributed by atoms with Crippen LogP contribution in [0.4, 0.5) is 0 Å². The number of carbonyl (C=O) groups excluding carboxylic acids is 4. The van der Waals surface area contributed by atoms with Crippen molar-refractivity contribution in [1.29, 1.82) is 0 Å². The van der Waals surface area contributed by atoms with E-state index < -0.39 is 35.4 Å². The minimum absolute atomic E-state index is 0.0242. The molecule has 37 heavy (non-hydrogen) atoms. The Labute approximate surface area is 218 Å². The summed E-state index contributed by atoms with van der Waals surface area (Å²) in [5.74, 6) is -3.79. The largest absolute Gasteiger partial charge is 0.489 e. The van der Waals surface area contributed by atoms with Gasteiger partial charge in [-0.15, -0.1) is 0 Å². The summed E-state index contributed by atoms with van der Waals surface area (Å²) in [7, 11) is 17.6. The van der Waals surface area contributed by atoms with Gasteiger partial charge in [0.15, 0.2) is 0 Å². The molecule has 2 saturated heterocycles. The second kappa shape index (κ2) is 10.1. The van der Waals surface area contributed by atoms with Crippen molar-refractivity contribution in [3.05, 3.63) is 64.7 Å².